The van der Waals surface area contributed by atoms with Crippen LogP contribution in [0, 0.1) is 5.92 Å². The number of rotatable bonds is 2. The number of esters is 1. The topological polar surface area (TPSA) is 93.1 Å². The number of hydrogen-bond donors (Lipinski definition) is 1. The van der Waals surface area contributed by atoms with E-state index in [1.54, 1.807) is 41.5 Å². The number of piperidine rings is 1. The van der Waals surface area contributed by atoms with Crippen molar-refractivity contribution in [1.29, 1.82) is 0 Å². The fourth-order valence-corrected chi connectivity index (χ4v) is 2.31. The Morgan fingerprint density at radius 2 is 1.48 bits per heavy atom. The van der Waals surface area contributed by atoms with Crippen LogP contribution in [0.5, 0.6) is 0 Å². The van der Waals surface area contributed by atoms with E-state index >= 15 is 0 Å². The van der Waals surface area contributed by atoms with Gasteiger partial charge in [0.2, 0.25) is 0 Å². The number of carboxylic acid groups (broad SMARTS) is 1. The molecule has 0 radical (unpaired) electrons. The van der Waals surface area contributed by atoms with Crippen molar-refractivity contribution < 1.29 is 29.0 Å². The van der Waals surface area contributed by atoms with Crippen LogP contribution >= 0.6 is 0 Å². The quantitative estimate of drug-likeness (QED) is 0.782. The first-order valence-corrected chi connectivity index (χ1v) is 7.75. The molecule has 23 heavy (non-hydrogen) atoms. The molecule has 0 bridgehead atoms. The van der Waals surface area contributed by atoms with E-state index in [1.807, 2.05) is 0 Å². The van der Waals surface area contributed by atoms with Crippen molar-refractivity contribution in [2.75, 3.05) is 6.54 Å². The highest BCUT2D eigenvalue weighted by Crippen LogP contribution is 2.26. The molecule has 0 aliphatic carbocycles. The molecule has 1 fully saturated rings. The molecule has 1 rings (SSSR count). The van der Waals surface area contributed by atoms with Gasteiger partial charge in [-0.3, -0.25) is 9.69 Å². The molecule has 1 saturated heterocycles. The Kier molecular flexibility index (Phi) is 5.66. The van der Waals surface area contributed by atoms with Crippen molar-refractivity contribution >= 4 is 18.0 Å². The fourth-order valence-electron chi connectivity index (χ4n) is 2.31. The maximum absolute atomic E-state index is 12.4. The zero-order valence-electron chi connectivity index (χ0n) is 14.7. The number of carbonyl (C=O) groups is 3. The molecule has 0 aromatic rings. The van der Waals surface area contributed by atoms with Crippen LogP contribution in [0.25, 0.3) is 0 Å². The van der Waals surface area contributed by atoms with Gasteiger partial charge in [0.05, 0.1) is 5.92 Å². The van der Waals surface area contributed by atoms with Gasteiger partial charge in [-0.05, 0) is 54.4 Å². The SMILES string of the molecule is CC(C)(C)OC(=O)C1CC[C@H](C(=O)O)CN1C(=O)OC(C)(C)C. The van der Waals surface area contributed by atoms with Gasteiger partial charge in [0, 0.05) is 6.54 Å². The summed E-state index contributed by atoms with van der Waals surface area (Å²) in [5.74, 6) is -2.23. The number of likely N-dealkylation sites (tertiary alicyclic amines) is 1. The third kappa shape index (κ3) is 6.08. The molecule has 0 aromatic heterocycles. The molecule has 1 heterocycles. The van der Waals surface area contributed by atoms with Gasteiger partial charge in [0.15, 0.2) is 0 Å². The summed E-state index contributed by atoms with van der Waals surface area (Å²) >= 11 is 0. The van der Waals surface area contributed by atoms with Crippen LogP contribution < -0.4 is 0 Å². The molecule has 2 atom stereocenters. The summed E-state index contributed by atoms with van der Waals surface area (Å²) < 4.78 is 10.6. The second kappa shape index (κ2) is 6.76. The molecule has 0 saturated carbocycles. The summed E-state index contributed by atoms with van der Waals surface area (Å²) in [5.41, 5.74) is -1.41. The van der Waals surface area contributed by atoms with Gasteiger partial charge in [0.1, 0.15) is 17.2 Å². The summed E-state index contributed by atoms with van der Waals surface area (Å²) in [4.78, 5) is 37.1. The fraction of sp³-hybridized carbons (Fsp3) is 0.812. The highest BCUT2D eigenvalue weighted by Gasteiger charge is 2.41. The van der Waals surface area contributed by atoms with Crippen LogP contribution in [0.3, 0.4) is 0 Å². The Hall–Kier alpha value is -1.79. The number of carbonyl (C=O) groups excluding carboxylic acids is 2. The first-order valence-electron chi connectivity index (χ1n) is 7.75. The van der Waals surface area contributed by atoms with Gasteiger partial charge >= 0.3 is 18.0 Å². The van der Waals surface area contributed by atoms with Crippen molar-refractivity contribution in [3.8, 4) is 0 Å². The Balaban J connectivity index is 2.95. The molecule has 0 aromatic carbocycles. The monoisotopic (exact) mass is 329 g/mol. The minimum absolute atomic E-state index is 0.0614. The third-order valence-corrected chi connectivity index (χ3v) is 3.24. The van der Waals surface area contributed by atoms with E-state index in [0.29, 0.717) is 6.42 Å². The summed E-state index contributed by atoms with van der Waals surface area (Å²) in [7, 11) is 0. The number of aliphatic carboxylic acids is 1. The van der Waals surface area contributed by atoms with E-state index in [4.69, 9.17) is 9.47 Å². The van der Waals surface area contributed by atoms with Gasteiger partial charge in [-0.2, -0.15) is 0 Å². The molecule has 7 heteroatoms. The van der Waals surface area contributed by atoms with Crippen LogP contribution in [0.15, 0.2) is 0 Å². The van der Waals surface area contributed by atoms with E-state index in [9.17, 15) is 19.5 Å². The normalized spacial score (nSPS) is 22.4. The van der Waals surface area contributed by atoms with Crippen molar-refractivity contribution in [2.24, 2.45) is 5.92 Å². The summed E-state index contributed by atoms with van der Waals surface area (Å²) in [6.45, 7) is 10.3. The van der Waals surface area contributed by atoms with E-state index in [1.165, 1.54) is 4.90 Å². The molecule has 1 amide bonds. The van der Waals surface area contributed by atoms with Gasteiger partial charge in [-0.15, -0.1) is 0 Å². The van der Waals surface area contributed by atoms with Crippen molar-refractivity contribution in [3.05, 3.63) is 0 Å². The first kappa shape index (κ1) is 19.3. The van der Waals surface area contributed by atoms with E-state index in [0.717, 1.165) is 0 Å². The number of nitrogens with zero attached hydrogens (tertiary/aromatic N) is 1. The highest BCUT2D eigenvalue weighted by molar-refractivity contribution is 5.83. The number of ether oxygens (including phenoxy) is 2. The standard InChI is InChI=1S/C16H27NO6/c1-15(2,3)22-13(20)11-8-7-10(12(18)19)9-17(11)14(21)23-16(4,5)6/h10-11H,7-9H2,1-6H3,(H,18,19)/t10-,11?/m0/s1. The molecule has 1 aliphatic heterocycles. The lowest BCUT2D eigenvalue weighted by Crippen LogP contribution is -2.54. The van der Waals surface area contributed by atoms with Crippen LogP contribution in [0.1, 0.15) is 54.4 Å². The second-order valence-electron chi connectivity index (χ2n) is 7.79. The summed E-state index contributed by atoms with van der Waals surface area (Å²) in [6.07, 6.45) is -0.136. The summed E-state index contributed by atoms with van der Waals surface area (Å²) in [6, 6.07) is -0.820. The van der Waals surface area contributed by atoms with Gasteiger partial charge in [-0.25, -0.2) is 9.59 Å². The van der Waals surface area contributed by atoms with Crippen LogP contribution in [0.4, 0.5) is 4.79 Å². The molecular weight excluding hydrogens is 302 g/mol. The van der Waals surface area contributed by atoms with Crippen LogP contribution in [-0.2, 0) is 19.1 Å². The number of carboxylic acids is 1. The smallest absolute Gasteiger partial charge is 0.411 e. The van der Waals surface area contributed by atoms with Crippen molar-refractivity contribution in [2.45, 2.75) is 71.6 Å². The predicted molar refractivity (Wildman–Crippen MR) is 82.9 cm³/mol. The molecule has 1 N–H and O–H groups in total. The van der Waals surface area contributed by atoms with E-state index in [2.05, 4.69) is 0 Å². The number of hydrogen-bond acceptors (Lipinski definition) is 5. The Labute approximate surface area is 136 Å². The van der Waals surface area contributed by atoms with Gasteiger partial charge in [-0.1, -0.05) is 0 Å². The Morgan fingerprint density at radius 1 is 0.957 bits per heavy atom. The second-order valence-corrected chi connectivity index (χ2v) is 7.79. The predicted octanol–water partition coefficient (Wildman–Crippen LogP) is 2.43. The average Bonchev–Trinajstić information content (AvgIpc) is 2.33. The minimum Gasteiger partial charge on any atom is -0.481 e. The largest absolute Gasteiger partial charge is 0.481 e. The minimum atomic E-state index is -0.985. The van der Waals surface area contributed by atoms with Gasteiger partial charge in [0.25, 0.3) is 0 Å². The maximum atomic E-state index is 12.4. The summed E-state index contributed by atoms with van der Waals surface area (Å²) in [5, 5.41) is 9.19. The molecule has 0 spiro atoms. The number of amides is 1. The molecule has 7 nitrogen and oxygen atoms in total. The molecule has 1 unspecified atom stereocenters. The maximum Gasteiger partial charge on any atom is 0.411 e. The lowest BCUT2D eigenvalue weighted by molar-refractivity contribution is -0.165. The average molecular weight is 329 g/mol. The van der Waals surface area contributed by atoms with Crippen LogP contribution in [-0.4, -0.2) is 51.8 Å². The zero-order chi connectivity index (χ0) is 18.0. The zero-order valence-corrected chi connectivity index (χ0v) is 14.7. The molecular formula is C16H27NO6. The van der Waals surface area contributed by atoms with E-state index < -0.39 is 41.2 Å². The van der Waals surface area contributed by atoms with Gasteiger partial charge < -0.3 is 14.6 Å². The lowest BCUT2D eigenvalue weighted by atomic mass is 9.93. The highest BCUT2D eigenvalue weighted by atomic mass is 16.6. The van der Waals surface area contributed by atoms with Crippen molar-refractivity contribution in [1.82, 2.24) is 4.90 Å². The first-order chi connectivity index (χ1) is 10.3. The van der Waals surface area contributed by atoms with Crippen LogP contribution in [0.2, 0.25) is 0 Å². The third-order valence-electron chi connectivity index (χ3n) is 3.24. The molecule has 1 aliphatic rings. The van der Waals surface area contributed by atoms with E-state index in [-0.39, 0.29) is 13.0 Å². The molecule has 132 valence electrons. The Morgan fingerprint density at radius 3 is 1.91 bits per heavy atom. The Bertz CT molecular complexity index is 474. The lowest BCUT2D eigenvalue weighted by Gasteiger charge is -2.38. The van der Waals surface area contributed by atoms with Crippen molar-refractivity contribution in [3.63, 3.8) is 0 Å².